The van der Waals surface area contributed by atoms with Crippen LogP contribution in [0.5, 0.6) is 11.5 Å². The first-order valence-corrected chi connectivity index (χ1v) is 9.22. The standard InChI is InChI=1S/C21H28N4O2/c1-22-21(24-14-18(25(2)3)17-7-5-4-6-8-17)23-12-11-16-9-10-19-20(13-16)27-15-26-19/h4-10,13,18H,11-12,14-15H2,1-3H3,(H2,22,23,24). The van der Waals surface area contributed by atoms with Gasteiger partial charge >= 0.3 is 0 Å². The lowest BCUT2D eigenvalue weighted by Gasteiger charge is -2.26. The Bertz CT molecular complexity index is 762. The smallest absolute Gasteiger partial charge is 0.231 e. The van der Waals surface area contributed by atoms with Gasteiger partial charge in [0.1, 0.15) is 0 Å². The number of hydrogen-bond acceptors (Lipinski definition) is 4. The first kappa shape index (κ1) is 19.0. The van der Waals surface area contributed by atoms with Crippen molar-refractivity contribution in [2.24, 2.45) is 4.99 Å². The first-order valence-electron chi connectivity index (χ1n) is 9.22. The quantitative estimate of drug-likeness (QED) is 0.581. The van der Waals surface area contributed by atoms with Gasteiger partial charge in [-0.05, 0) is 43.8 Å². The maximum absolute atomic E-state index is 5.43. The molecule has 27 heavy (non-hydrogen) atoms. The van der Waals surface area contributed by atoms with Crippen LogP contribution in [0.1, 0.15) is 17.2 Å². The van der Waals surface area contributed by atoms with E-state index in [1.54, 1.807) is 7.05 Å². The molecule has 2 N–H and O–H groups in total. The van der Waals surface area contributed by atoms with Gasteiger partial charge in [-0.3, -0.25) is 4.99 Å². The molecule has 0 fully saturated rings. The van der Waals surface area contributed by atoms with Crippen molar-refractivity contribution in [2.75, 3.05) is 41.0 Å². The lowest BCUT2D eigenvalue weighted by atomic mass is 10.1. The van der Waals surface area contributed by atoms with E-state index in [1.807, 2.05) is 18.2 Å². The molecule has 0 saturated heterocycles. The van der Waals surface area contributed by atoms with Gasteiger partial charge in [-0.15, -0.1) is 0 Å². The monoisotopic (exact) mass is 368 g/mol. The molecule has 3 rings (SSSR count). The van der Waals surface area contributed by atoms with Crippen molar-refractivity contribution in [3.63, 3.8) is 0 Å². The average molecular weight is 368 g/mol. The lowest BCUT2D eigenvalue weighted by molar-refractivity contribution is 0.174. The minimum atomic E-state index is 0.276. The number of guanidine groups is 1. The Morgan fingerprint density at radius 2 is 1.85 bits per heavy atom. The maximum atomic E-state index is 5.43. The maximum Gasteiger partial charge on any atom is 0.231 e. The van der Waals surface area contributed by atoms with Crippen molar-refractivity contribution in [3.05, 3.63) is 59.7 Å². The molecule has 0 radical (unpaired) electrons. The third kappa shape index (κ3) is 5.14. The van der Waals surface area contributed by atoms with Crippen LogP contribution in [-0.4, -0.2) is 51.9 Å². The average Bonchev–Trinajstić information content (AvgIpc) is 3.15. The molecule has 6 heteroatoms. The van der Waals surface area contributed by atoms with E-state index >= 15 is 0 Å². The fourth-order valence-electron chi connectivity index (χ4n) is 3.11. The highest BCUT2D eigenvalue weighted by molar-refractivity contribution is 5.79. The normalized spacial score (nSPS) is 14.3. The summed E-state index contributed by atoms with van der Waals surface area (Å²) in [5, 5.41) is 6.81. The van der Waals surface area contributed by atoms with E-state index in [4.69, 9.17) is 9.47 Å². The van der Waals surface area contributed by atoms with Crippen molar-refractivity contribution in [3.8, 4) is 11.5 Å². The summed E-state index contributed by atoms with van der Waals surface area (Å²) < 4.78 is 10.8. The number of ether oxygens (including phenoxy) is 2. The van der Waals surface area contributed by atoms with Crippen molar-refractivity contribution in [1.29, 1.82) is 0 Å². The minimum absolute atomic E-state index is 0.276. The molecular formula is C21H28N4O2. The third-order valence-electron chi connectivity index (χ3n) is 4.64. The number of benzene rings is 2. The largest absolute Gasteiger partial charge is 0.454 e. The van der Waals surface area contributed by atoms with Crippen LogP contribution in [0.25, 0.3) is 0 Å². The second-order valence-electron chi connectivity index (χ2n) is 6.71. The van der Waals surface area contributed by atoms with Crippen LogP contribution in [0.15, 0.2) is 53.5 Å². The fourth-order valence-corrected chi connectivity index (χ4v) is 3.11. The van der Waals surface area contributed by atoms with Crippen molar-refractivity contribution in [2.45, 2.75) is 12.5 Å². The Labute approximate surface area is 161 Å². The zero-order valence-corrected chi connectivity index (χ0v) is 16.2. The predicted molar refractivity (Wildman–Crippen MR) is 109 cm³/mol. The minimum Gasteiger partial charge on any atom is -0.454 e. The molecule has 144 valence electrons. The van der Waals surface area contributed by atoms with Gasteiger partial charge in [0.2, 0.25) is 6.79 Å². The highest BCUT2D eigenvalue weighted by atomic mass is 16.7. The molecule has 0 aromatic heterocycles. The van der Waals surface area contributed by atoms with Crippen LogP contribution >= 0.6 is 0 Å². The molecule has 2 aromatic carbocycles. The molecule has 1 unspecified atom stereocenters. The molecular weight excluding hydrogens is 340 g/mol. The summed E-state index contributed by atoms with van der Waals surface area (Å²) in [6.45, 7) is 1.88. The van der Waals surface area contributed by atoms with Gasteiger partial charge in [-0.25, -0.2) is 0 Å². The van der Waals surface area contributed by atoms with Crippen LogP contribution in [0.2, 0.25) is 0 Å². The van der Waals surface area contributed by atoms with Crippen molar-refractivity contribution >= 4 is 5.96 Å². The first-order chi connectivity index (χ1) is 13.2. The SMILES string of the molecule is CN=C(NCCc1ccc2c(c1)OCO2)NCC(c1ccccc1)N(C)C. The van der Waals surface area contributed by atoms with Crippen molar-refractivity contribution in [1.82, 2.24) is 15.5 Å². The molecule has 1 aliphatic rings. The van der Waals surface area contributed by atoms with Gasteiger partial charge in [0.15, 0.2) is 17.5 Å². The second kappa shape index (κ2) is 9.28. The Balaban J connectivity index is 1.49. The Morgan fingerprint density at radius 1 is 1.07 bits per heavy atom. The number of hydrogen-bond donors (Lipinski definition) is 2. The zero-order chi connectivity index (χ0) is 19.1. The third-order valence-corrected chi connectivity index (χ3v) is 4.64. The number of nitrogens with one attached hydrogen (secondary N) is 2. The van der Waals surface area contributed by atoms with E-state index in [1.165, 1.54) is 11.1 Å². The van der Waals surface area contributed by atoms with Crippen LogP contribution in [0.4, 0.5) is 0 Å². The van der Waals surface area contributed by atoms with E-state index in [0.29, 0.717) is 6.79 Å². The van der Waals surface area contributed by atoms with Crippen LogP contribution in [0.3, 0.4) is 0 Å². The molecule has 1 aliphatic heterocycles. The molecule has 2 aromatic rings. The molecule has 1 atom stereocenters. The van der Waals surface area contributed by atoms with Gasteiger partial charge in [0.05, 0.1) is 6.04 Å². The second-order valence-corrected chi connectivity index (χ2v) is 6.71. The van der Waals surface area contributed by atoms with Crippen LogP contribution in [-0.2, 0) is 6.42 Å². The fraction of sp³-hybridized carbons (Fsp3) is 0.381. The van der Waals surface area contributed by atoms with E-state index in [-0.39, 0.29) is 6.04 Å². The Morgan fingerprint density at radius 3 is 2.59 bits per heavy atom. The molecule has 0 bridgehead atoms. The van der Waals surface area contributed by atoms with Gasteiger partial charge < -0.3 is 25.0 Å². The number of fused-ring (bicyclic) bond motifs is 1. The van der Waals surface area contributed by atoms with Gasteiger partial charge in [0.25, 0.3) is 0 Å². The van der Waals surface area contributed by atoms with Gasteiger partial charge in [0, 0.05) is 20.1 Å². The van der Waals surface area contributed by atoms with Crippen LogP contribution < -0.4 is 20.1 Å². The highest BCUT2D eigenvalue weighted by Crippen LogP contribution is 2.32. The summed E-state index contributed by atoms with van der Waals surface area (Å²) in [6, 6.07) is 16.9. The number of likely N-dealkylation sites (N-methyl/N-ethyl adjacent to an activating group) is 1. The topological polar surface area (TPSA) is 58.1 Å². The highest BCUT2D eigenvalue weighted by Gasteiger charge is 2.15. The number of nitrogens with zero attached hydrogens (tertiary/aromatic N) is 2. The Hall–Kier alpha value is -2.73. The van der Waals surface area contributed by atoms with Gasteiger partial charge in [-0.2, -0.15) is 0 Å². The van der Waals surface area contributed by atoms with E-state index < -0.39 is 0 Å². The van der Waals surface area contributed by atoms with E-state index in [2.05, 4.69) is 65.0 Å². The van der Waals surface area contributed by atoms with E-state index in [0.717, 1.165) is 37.0 Å². The summed E-state index contributed by atoms with van der Waals surface area (Å²) in [5.41, 5.74) is 2.49. The molecule has 0 spiro atoms. The summed E-state index contributed by atoms with van der Waals surface area (Å²) in [6.07, 6.45) is 0.882. The van der Waals surface area contributed by atoms with Crippen molar-refractivity contribution < 1.29 is 9.47 Å². The number of aliphatic imine (C=N–C) groups is 1. The molecule has 0 amide bonds. The van der Waals surface area contributed by atoms with E-state index in [9.17, 15) is 0 Å². The summed E-state index contributed by atoms with van der Waals surface area (Å²) in [4.78, 5) is 6.54. The summed E-state index contributed by atoms with van der Waals surface area (Å²) in [7, 11) is 5.98. The number of rotatable bonds is 7. The molecule has 6 nitrogen and oxygen atoms in total. The van der Waals surface area contributed by atoms with Gasteiger partial charge in [-0.1, -0.05) is 36.4 Å². The lowest BCUT2D eigenvalue weighted by Crippen LogP contribution is -2.42. The summed E-state index contributed by atoms with van der Waals surface area (Å²) in [5.74, 6) is 2.45. The van der Waals surface area contributed by atoms with Crippen LogP contribution in [0, 0.1) is 0 Å². The molecule has 0 aliphatic carbocycles. The summed E-state index contributed by atoms with van der Waals surface area (Å²) >= 11 is 0. The molecule has 1 heterocycles. The predicted octanol–water partition coefficient (Wildman–Crippen LogP) is 2.43. The molecule has 0 saturated carbocycles. The Kier molecular flexibility index (Phi) is 6.54. The zero-order valence-electron chi connectivity index (χ0n) is 16.2.